The average Bonchev–Trinajstić information content (AvgIpc) is 2.80. The van der Waals surface area contributed by atoms with Crippen molar-refractivity contribution < 1.29 is 9.15 Å². The third kappa shape index (κ3) is 1.38. The van der Waals surface area contributed by atoms with Crippen molar-refractivity contribution in [2.75, 3.05) is 6.61 Å². The molecule has 1 aliphatic heterocycles. The third-order valence-corrected chi connectivity index (χ3v) is 3.24. The van der Waals surface area contributed by atoms with Crippen LogP contribution in [0.4, 0.5) is 0 Å². The number of nitrogens with zero attached hydrogens (tertiary/aromatic N) is 1. The monoisotopic (exact) mass is 282 g/mol. The summed E-state index contributed by atoms with van der Waals surface area (Å²) in [5.41, 5.74) is 2.12. The first-order valence-corrected chi connectivity index (χ1v) is 5.89. The van der Waals surface area contributed by atoms with Gasteiger partial charge in [0.1, 0.15) is 12.4 Å². The second-order valence-electron chi connectivity index (χ2n) is 3.94. The first-order chi connectivity index (χ1) is 7.65. The molecule has 2 aromatic heterocycles. The van der Waals surface area contributed by atoms with Crippen LogP contribution in [0.5, 0.6) is 5.88 Å². The highest BCUT2D eigenvalue weighted by molar-refractivity contribution is 9.10. The summed E-state index contributed by atoms with van der Waals surface area (Å²) in [4.78, 5) is 7.54. The van der Waals surface area contributed by atoms with Crippen LogP contribution in [0.15, 0.2) is 15.1 Å². The van der Waals surface area contributed by atoms with Gasteiger partial charge in [0.2, 0.25) is 0 Å². The lowest BCUT2D eigenvalue weighted by Crippen LogP contribution is -2.04. The van der Waals surface area contributed by atoms with Gasteiger partial charge in [-0.3, -0.25) is 0 Å². The summed E-state index contributed by atoms with van der Waals surface area (Å²) in [5, 5.41) is 0. The van der Waals surface area contributed by atoms with E-state index in [0.29, 0.717) is 12.5 Å². The van der Waals surface area contributed by atoms with Crippen LogP contribution in [0, 0.1) is 13.8 Å². The molecule has 1 aliphatic rings. The van der Waals surface area contributed by atoms with Gasteiger partial charge in [0, 0.05) is 12.5 Å². The number of fused-ring (bicyclic) bond motifs is 1. The number of hydrogen-bond acceptors (Lipinski definition) is 3. The van der Waals surface area contributed by atoms with Gasteiger partial charge in [-0.1, -0.05) is 0 Å². The Labute approximate surface area is 101 Å². The number of rotatable bonds is 1. The summed E-state index contributed by atoms with van der Waals surface area (Å²) in [5.74, 6) is 2.58. The molecule has 3 rings (SSSR count). The van der Waals surface area contributed by atoms with Crippen molar-refractivity contribution in [3.8, 4) is 5.88 Å². The minimum Gasteiger partial charge on any atom is -0.478 e. The molecular formula is C11H11BrN2O2. The van der Waals surface area contributed by atoms with Crippen LogP contribution in [0.2, 0.25) is 0 Å². The van der Waals surface area contributed by atoms with Gasteiger partial charge in [-0.15, -0.1) is 0 Å². The van der Waals surface area contributed by atoms with E-state index in [-0.39, 0.29) is 5.92 Å². The topological polar surface area (TPSA) is 51.0 Å². The Kier molecular flexibility index (Phi) is 2.10. The number of hydrogen-bond donors (Lipinski definition) is 1. The van der Waals surface area contributed by atoms with Crippen LogP contribution in [0.1, 0.15) is 28.8 Å². The lowest BCUT2D eigenvalue weighted by atomic mass is 10.00. The fourth-order valence-corrected chi connectivity index (χ4v) is 2.57. The highest BCUT2D eigenvalue weighted by atomic mass is 79.9. The number of nitrogens with one attached hydrogen (secondary N) is 1. The van der Waals surface area contributed by atoms with Gasteiger partial charge in [0.15, 0.2) is 11.8 Å². The lowest BCUT2D eigenvalue weighted by Gasteiger charge is -2.04. The highest BCUT2D eigenvalue weighted by Gasteiger charge is 2.31. The van der Waals surface area contributed by atoms with Crippen LogP contribution < -0.4 is 4.74 Å². The molecule has 0 saturated heterocycles. The van der Waals surface area contributed by atoms with Crippen LogP contribution in [-0.2, 0) is 0 Å². The van der Waals surface area contributed by atoms with E-state index in [9.17, 15) is 0 Å². The van der Waals surface area contributed by atoms with Gasteiger partial charge in [0.25, 0.3) is 0 Å². The maximum Gasteiger partial charge on any atom is 0.195 e. The first-order valence-electron chi connectivity index (χ1n) is 5.10. The summed E-state index contributed by atoms with van der Waals surface area (Å²) >= 11 is 3.40. The second-order valence-corrected chi connectivity index (χ2v) is 4.79. The molecule has 0 aromatic carbocycles. The first kappa shape index (κ1) is 9.96. The number of oxazole rings is 1. The molecule has 0 aliphatic carbocycles. The molecule has 0 fully saturated rings. The second kappa shape index (κ2) is 3.38. The van der Waals surface area contributed by atoms with E-state index in [0.717, 1.165) is 27.5 Å². The van der Waals surface area contributed by atoms with E-state index in [1.54, 1.807) is 0 Å². The summed E-state index contributed by atoms with van der Waals surface area (Å²) in [6.45, 7) is 4.43. The summed E-state index contributed by atoms with van der Waals surface area (Å²) in [7, 11) is 0. The van der Waals surface area contributed by atoms with Gasteiger partial charge in [0.05, 0.1) is 16.2 Å². The Morgan fingerprint density at radius 2 is 2.31 bits per heavy atom. The Hall–Kier alpha value is -1.23. The van der Waals surface area contributed by atoms with Crippen molar-refractivity contribution in [3.05, 3.63) is 33.6 Å². The zero-order valence-electron chi connectivity index (χ0n) is 9.00. The normalized spacial score (nSPS) is 18.6. The number of H-pyrrole nitrogens is 1. The van der Waals surface area contributed by atoms with E-state index in [2.05, 4.69) is 25.9 Å². The predicted octanol–water partition coefficient (Wildman–Crippen LogP) is 2.91. The summed E-state index contributed by atoms with van der Waals surface area (Å²) < 4.78 is 12.0. The van der Waals surface area contributed by atoms with Crippen LogP contribution in [-0.4, -0.2) is 16.6 Å². The van der Waals surface area contributed by atoms with Gasteiger partial charge < -0.3 is 14.1 Å². The maximum atomic E-state index is 5.58. The van der Waals surface area contributed by atoms with Crippen molar-refractivity contribution in [3.63, 3.8) is 0 Å². The van der Waals surface area contributed by atoms with Crippen molar-refractivity contribution in [1.82, 2.24) is 9.97 Å². The molecule has 0 spiro atoms. The largest absolute Gasteiger partial charge is 0.478 e. The molecule has 1 N–H and O–H groups in total. The molecule has 1 unspecified atom stereocenters. The summed E-state index contributed by atoms with van der Waals surface area (Å²) in [6, 6.07) is 2.04. The molecule has 0 bridgehead atoms. The minimum atomic E-state index is 0.176. The van der Waals surface area contributed by atoms with Gasteiger partial charge in [-0.2, -0.15) is 0 Å². The third-order valence-electron chi connectivity index (χ3n) is 2.82. The molecule has 2 aromatic rings. The minimum absolute atomic E-state index is 0.176. The van der Waals surface area contributed by atoms with E-state index >= 15 is 0 Å². The maximum absolute atomic E-state index is 5.58. The zero-order valence-corrected chi connectivity index (χ0v) is 10.6. The van der Waals surface area contributed by atoms with Crippen molar-refractivity contribution in [1.29, 1.82) is 0 Å². The average molecular weight is 283 g/mol. The molecule has 1 atom stereocenters. The molecule has 4 nitrogen and oxygen atoms in total. The molecule has 5 heteroatoms. The van der Waals surface area contributed by atoms with Crippen LogP contribution >= 0.6 is 15.9 Å². The fraction of sp³-hybridized carbons (Fsp3) is 0.364. The Balaban J connectivity index is 2.06. The van der Waals surface area contributed by atoms with Gasteiger partial charge in [-0.05, 0) is 28.9 Å². The fourth-order valence-electron chi connectivity index (χ4n) is 2.15. The van der Waals surface area contributed by atoms with E-state index in [1.165, 1.54) is 0 Å². The number of aromatic nitrogens is 2. The van der Waals surface area contributed by atoms with Gasteiger partial charge in [-0.25, -0.2) is 4.98 Å². The molecule has 0 amide bonds. The number of aryl methyl sites for hydroxylation is 2. The Bertz CT molecular complexity index is 544. The standard InChI is InChI=1S/C11H11BrN2O2/c1-5-10(13-6(2)16-5)8-4-15-11-7(8)3-9(12)14-11/h3,8,14H,4H2,1-2H3. The zero-order chi connectivity index (χ0) is 11.3. The van der Waals surface area contributed by atoms with Crippen molar-refractivity contribution in [2.24, 2.45) is 0 Å². The molecule has 16 heavy (non-hydrogen) atoms. The molecule has 84 valence electrons. The SMILES string of the molecule is Cc1nc(C2COc3[nH]c(Br)cc32)c(C)o1. The molecular weight excluding hydrogens is 272 g/mol. The van der Waals surface area contributed by atoms with E-state index in [4.69, 9.17) is 9.15 Å². The molecule has 0 radical (unpaired) electrons. The summed E-state index contributed by atoms with van der Waals surface area (Å²) in [6.07, 6.45) is 0. The Morgan fingerprint density at radius 1 is 1.50 bits per heavy atom. The van der Waals surface area contributed by atoms with Crippen molar-refractivity contribution >= 4 is 15.9 Å². The smallest absolute Gasteiger partial charge is 0.195 e. The van der Waals surface area contributed by atoms with Gasteiger partial charge >= 0.3 is 0 Å². The highest BCUT2D eigenvalue weighted by Crippen LogP contribution is 2.40. The van der Waals surface area contributed by atoms with Crippen LogP contribution in [0.25, 0.3) is 0 Å². The Morgan fingerprint density at radius 3 is 3.00 bits per heavy atom. The molecule has 0 saturated carbocycles. The quantitative estimate of drug-likeness (QED) is 0.875. The predicted molar refractivity (Wildman–Crippen MR) is 61.8 cm³/mol. The van der Waals surface area contributed by atoms with E-state index in [1.807, 2.05) is 19.9 Å². The van der Waals surface area contributed by atoms with Crippen LogP contribution in [0.3, 0.4) is 0 Å². The number of ether oxygens (including phenoxy) is 1. The van der Waals surface area contributed by atoms with E-state index < -0.39 is 0 Å². The lowest BCUT2D eigenvalue weighted by molar-refractivity contribution is 0.329. The number of halogens is 1. The van der Waals surface area contributed by atoms with Crippen molar-refractivity contribution in [2.45, 2.75) is 19.8 Å². The molecule has 3 heterocycles. The number of aromatic amines is 1.